The Morgan fingerprint density at radius 3 is 3.00 bits per heavy atom. The molecule has 1 aromatic rings. The van der Waals surface area contributed by atoms with Gasteiger partial charge in [-0.25, -0.2) is 4.98 Å². The summed E-state index contributed by atoms with van der Waals surface area (Å²) in [7, 11) is 1.72. The largest absolute Gasteiger partial charge is 0.480 e. The van der Waals surface area contributed by atoms with Crippen molar-refractivity contribution < 1.29 is 9.90 Å². The number of carbonyl (C=O) groups is 1. The molecule has 1 aliphatic carbocycles. The number of aliphatic carboxylic acids is 1. The summed E-state index contributed by atoms with van der Waals surface area (Å²) in [5.74, 6) is -0.0245. The average Bonchev–Trinajstić information content (AvgIpc) is 2.97. The van der Waals surface area contributed by atoms with Crippen LogP contribution in [-0.2, 0) is 4.79 Å². The van der Waals surface area contributed by atoms with E-state index in [2.05, 4.69) is 14.7 Å². The molecule has 16 heavy (non-hydrogen) atoms. The number of thioether (sulfide) groups is 1. The van der Waals surface area contributed by atoms with Crippen molar-refractivity contribution in [1.82, 2.24) is 14.7 Å². The van der Waals surface area contributed by atoms with Crippen LogP contribution in [0.4, 0.5) is 0 Å². The number of hydrogen-bond donors (Lipinski definition) is 2. The van der Waals surface area contributed by atoms with Crippen LogP contribution in [-0.4, -0.2) is 38.8 Å². The van der Waals surface area contributed by atoms with E-state index in [0.29, 0.717) is 5.75 Å². The highest BCUT2D eigenvalue weighted by atomic mass is 32.2. The smallest absolute Gasteiger partial charge is 0.325 e. The Morgan fingerprint density at radius 2 is 2.56 bits per heavy atom. The molecule has 0 amide bonds. The van der Waals surface area contributed by atoms with Gasteiger partial charge < -0.3 is 10.4 Å². The van der Waals surface area contributed by atoms with Gasteiger partial charge in [0.15, 0.2) is 4.34 Å². The number of hydrogen-bond acceptors (Lipinski definition) is 6. The van der Waals surface area contributed by atoms with Crippen LogP contribution >= 0.6 is 23.3 Å². The van der Waals surface area contributed by atoms with E-state index >= 15 is 0 Å². The first kappa shape index (κ1) is 11.8. The fourth-order valence-corrected chi connectivity index (χ4v) is 3.49. The van der Waals surface area contributed by atoms with Gasteiger partial charge in [0.25, 0.3) is 0 Å². The molecule has 0 radical (unpaired) electrons. The normalized spacial score (nSPS) is 19.3. The predicted molar refractivity (Wildman–Crippen MR) is 62.8 cm³/mol. The Balaban J connectivity index is 2.04. The van der Waals surface area contributed by atoms with E-state index in [1.807, 2.05) is 0 Å². The van der Waals surface area contributed by atoms with E-state index in [0.717, 1.165) is 17.2 Å². The van der Waals surface area contributed by atoms with E-state index in [1.54, 1.807) is 7.05 Å². The SMILES string of the molecule is CNC(CSc1ncns1)(C(=O)O)C1CC1. The van der Waals surface area contributed by atoms with Crippen LogP contribution in [0.5, 0.6) is 0 Å². The van der Waals surface area contributed by atoms with Gasteiger partial charge in [-0.1, -0.05) is 11.8 Å². The molecule has 88 valence electrons. The minimum Gasteiger partial charge on any atom is -0.480 e. The molecule has 7 heteroatoms. The van der Waals surface area contributed by atoms with Crippen molar-refractivity contribution in [2.75, 3.05) is 12.8 Å². The maximum Gasteiger partial charge on any atom is 0.325 e. The lowest BCUT2D eigenvalue weighted by molar-refractivity contribution is -0.144. The van der Waals surface area contributed by atoms with Crippen molar-refractivity contribution in [3.05, 3.63) is 6.33 Å². The lowest BCUT2D eigenvalue weighted by Gasteiger charge is -2.28. The Bertz CT molecular complexity index is 367. The van der Waals surface area contributed by atoms with Crippen LogP contribution in [0.3, 0.4) is 0 Å². The number of rotatable bonds is 6. The van der Waals surface area contributed by atoms with Gasteiger partial charge in [0.05, 0.1) is 0 Å². The number of aromatic nitrogens is 2. The number of nitrogens with zero attached hydrogens (tertiary/aromatic N) is 2. The molecule has 2 rings (SSSR count). The van der Waals surface area contributed by atoms with Crippen LogP contribution in [0, 0.1) is 5.92 Å². The molecule has 1 saturated carbocycles. The van der Waals surface area contributed by atoms with Gasteiger partial charge in [-0.15, -0.1) is 0 Å². The van der Waals surface area contributed by atoms with Crippen LogP contribution in [0.25, 0.3) is 0 Å². The Hall–Kier alpha value is -0.660. The van der Waals surface area contributed by atoms with Crippen molar-refractivity contribution in [1.29, 1.82) is 0 Å². The number of carboxylic acids is 1. The van der Waals surface area contributed by atoms with Crippen molar-refractivity contribution in [3.8, 4) is 0 Å². The van der Waals surface area contributed by atoms with E-state index in [1.165, 1.54) is 29.6 Å². The van der Waals surface area contributed by atoms with Gasteiger partial charge >= 0.3 is 5.97 Å². The molecule has 0 aliphatic heterocycles. The first-order valence-corrected chi connectivity index (χ1v) is 6.76. The minimum absolute atomic E-state index is 0.246. The number of nitrogens with one attached hydrogen (secondary N) is 1. The summed E-state index contributed by atoms with van der Waals surface area (Å²) in [6.45, 7) is 0. The van der Waals surface area contributed by atoms with Crippen LogP contribution in [0.1, 0.15) is 12.8 Å². The van der Waals surface area contributed by atoms with Crippen LogP contribution in [0.2, 0.25) is 0 Å². The van der Waals surface area contributed by atoms with E-state index in [4.69, 9.17) is 0 Å². The summed E-state index contributed by atoms with van der Waals surface area (Å²) in [5.41, 5.74) is -0.809. The average molecular weight is 259 g/mol. The van der Waals surface area contributed by atoms with E-state index in [9.17, 15) is 9.90 Å². The summed E-state index contributed by atoms with van der Waals surface area (Å²) in [6, 6.07) is 0. The first-order valence-electron chi connectivity index (χ1n) is 5.01. The van der Waals surface area contributed by atoms with Crippen LogP contribution in [0.15, 0.2) is 10.7 Å². The topological polar surface area (TPSA) is 75.1 Å². The van der Waals surface area contributed by atoms with Gasteiger partial charge in [0, 0.05) is 5.75 Å². The van der Waals surface area contributed by atoms with Crippen molar-refractivity contribution >= 4 is 29.3 Å². The Labute approximate surface area is 102 Å². The summed E-state index contributed by atoms with van der Waals surface area (Å²) in [5, 5.41) is 12.3. The van der Waals surface area contributed by atoms with E-state index in [-0.39, 0.29) is 5.92 Å². The molecule has 1 heterocycles. The molecule has 0 aromatic carbocycles. The van der Waals surface area contributed by atoms with Crippen molar-refractivity contribution in [3.63, 3.8) is 0 Å². The molecular weight excluding hydrogens is 246 g/mol. The van der Waals surface area contributed by atoms with Gasteiger partial charge in [0.1, 0.15) is 11.9 Å². The molecule has 0 bridgehead atoms. The molecule has 1 fully saturated rings. The predicted octanol–water partition coefficient (Wildman–Crippen LogP) is 1.08. The number of carboxylic acid groups (broad SMARTS) is 1. The monoisotopic (exact) mass is 259 g/mol. The molecule has 2 N–H and O–H groups in total. The highest BCUT2D eigenvalue weighted by Gasteiger charge is 2.50. The second-order valence-electron chi connectivity index (χ2n) is 3.80. The fraction of sp³-hybridized carbons (Fsp3) is 0.667. The third-order valence-electron chi connectivity index (χ3n) is 2.87. The fourth-order valence-electron chi connectivity index (χ4n) is 1.72. The second-order valence-corrected chi connectivity index (χ2v) is 5.80. The first-order chi connectivity index (χ1) is 7.69. The standard InChI is InChI=1S/C9H13N3O2S2/c1-10-9(7(13)14,6-2-3-6)4-15-8-11-5-12-16-8/h5-6,10H,2-4H2,1H3,(H,13,14). The Kier molecular flexibility index (Phi) is 3.46. The highest BCUT2D eigenvalue weighted by molar-refractivity contribution is 8.01. The summed E-state index contributed by atoms with van der Waals surface area (Å²) in [6.07, 6.45) is 3.47. The van der Waals surface area contributed by atoms with Gasteiger partial charge in [-0.2, -0.15) is 4.37 Å². The van der Waals surface area contributed by atoms with Crippen molar-refractivity contribution in [2.45, 2.75) is 22.7 Å². The summed E-state index contributed by atoms with van der Waals surface area (Å²) >= 11 is 2.76. The third kappa shape index (κ3) is 2.21. The second kappa shape index (κ2) is 4.68. The van der Waals surface area contributed by atoms with E-state index < -0.39 is 11.5 Å². The van der Waals surface area contributed by atoms with Gasteiger partial charge in [0.2, 0.25) is 0 Å². The summed E-state index contributed by atoms with van der Waals surface area (Å²) < 4.78 is 4.72. The minimum atomic E-state index is -0.809. The lowest BCUT2D eigenvalue weighted by Crippen LogP contribution is -2.54. The molecule has 0 spiro atoms. The zero-order chi connectivity index (χ0) is 11.6. The highest BCUT2D eigenvalue weighted by Crippen LogP contribution is 2.42. The zero-order valence-electron chi connectivity index (χ0n) is 8.84. The molecule has 1 aliphatic rings. The van der Waals surface area contributed by atoms with Gasteiger partial charge in [-0.05, 0) is 37.3 Å². The zero-order valence-corrected chi connectivity index (χ0v) is 10.5. The molecule has 1 aromatic heterocycles. The molecule has 5 nitrogen and oxygen atoms in total. The molecule has 0 saturated heterocycles. The quantitative estimate of drug-likeness (QED) is 0.745. The summed E-state index contributed by atoms with van der Waals surface area (Å²) in [4.78, 5) is 15.4. The number of likely N-dealkylation sites (N-methyl/N-ethyl adjacent to an activating group) is 1. The molecule has 1 atom stereocenters. The third-order valence-corrected chi connectivity index (χ3v) is 4.86. The van der Waals surface area contributed by atoms with Crippen LogP contribution < -0.4 is 5.32 Å². The van der Waals surface area contributed by atoms with Crippen molar-refractivity contribution in [2.24, 2.45) is 5.92 Å². The molecule has 1 unspecified atom stereocenters. The maximum atomic E-state index is 11.4. The maximum absolute atomic E-state index is 11.4. The van der Waals surface area contributed by atoms with Gasteiger partial charge in [-0.3, -0.25) is 4.79 Å². The molecular formula is C9H13N3O2S2. The lowest BCUT2D eigenvalue weighted by atomic mass is 9.96. The Morgan fingerprint density at radius 1 is 1.81 bits per heavy atom.